The van der Waals surface area contributed by atoms with Crippen molar-refractivity contribution in [3.05, 3.63) is 59.4 Å². The molecule has 19 heavy (non-hydrogen) atoms. The Morgan fingerprint density at radius 2 is 1.74 bits per heavy atom. The van der Waals surface area contributed by atoms with E-state index in [-0.39, 0.29) is 34.9 Å². The van der Waals surface area contributed by atoms with Crippen LogP contribution >= 0.6 is 0 Å². The minimum absolute atomic E-state index is 0.0260. The van der Waals surface area contributed by atoms with Gasteiger partial charge in [0.1, 0.15) is 5.76 Å². The first kappa shape index (κ1) is 14.9. The molecule has 1 N–H and O–H groups in total. The minimum atomic E-state index is -0.349. The van der Waals surface area contributed by atoms with E-state index < -0.39 is 0 Å². The third-order valence-electron chi connectivity index (χ3n) is 2.84. The maximum atomic E-state index is 12.0. The Morgan fingerprint density at radius 1 is 1.16 bits per heavy atom. The second kappa shape index (κ2) is 6.69. The molecule has 0 spiro atoms. The summed E-state index contributed by atoms with van der Waals surface area (Å²) in [5.41, 5.74) is 1.17. The van der Waals surface area contributed by atoms with Gasteiger partial charge in [0.05, 0.1) is 5.57 Å². The van der Waals surface area contributed by atoms with Gasteiger partial charge in [-0.05, 0) is 25.8 Å². The smallest absolute Gasteiger partial charge is 0.163 e. The summed E-state index contributed by atoms with van der Waals surface area (Å²) in [6.07, 6.45) is 0.862. The monoisotopic (exact) mass is 258 g/mol. The van der Waals surface area contributed by atoms with Gasteiger partial charge in [0, 0.05) is 12.0 Å². The Bertz CT molecular complexity index is 520. The third kappa shape index (κ3) is 4.21. The van der Waals surface area contributed by atoms with Gasteiger partial charge in [-0.1, -0.05) is 36.9 Å². The molecular weight excluding hydrogens is 240 g/mol. The molecule has 0 amide bonds. The molecule has 3 heteroatoms. The molecule has 0 aromatic heterocycles. The average Bonchev–Trinajstić information content (AvgIpc) is 2.36. The molecule has 1 rings (SSSR count). The van der Waals surface area contributed by atoms with Gasteiger partial charge in [-0.15, -0.1) is 0 Å². The first-order valence-corrected chi connectivity index (χ1v) is 6.10. The van der Waals surface area contributed by atoms with Crippen LogP contribution in [0.2, 0.25) is 0 Å². The largest absolute Gasteiger partial charge is 0.512 e. The number of carbonyl (C=O) groups excluding carboxylic acids is 2. The van der Waals surface area contributed by atoms with Gasteiger partial charge in [-0.3, -0.25) is 9.59 Å². The summed E-state index contributed by atoms with van der Waals surface area (Å²) in [7, 11) is 0. The molecule has 0 unspecified atom stereocenters. The van der Waals surface area contributed by atoms with E-state index in [9.17, 15) is 14.7 Å². The van der Waals surface area contributed by atoms with Gasteiger partial charge in [-0.2, -0.15) is 0 Å². The van der Waals surface area contributed by atoms with E-state index in [0.717, 1.165) is 5.56 Å². The Hall–Kier alpha value is -2.16. The Kier molecular flexibility index (Phi) is 5.24. The highest BCUT2D eigenvalue weighted by Crippen LogP contribution is 2.16. The fourth-order valence-corrected chi connectivity index (χ4v) is 1.88. The van der Waals surface area contributed by atoms with Gasteiger partial charge in [-0.25, -0.2) is 0 Å². The molecular formula is C16H18O3. The van der Waals surface area contributed by atoms with Gasteiger partial charge < -0.3 is 5.11 Å². The van der Waals surface area contributed by atoms with Crippen LogP contribution in [0, 0.1) is 0 Å². The number of carbonyl (C=O) groups is 2. The lowest BCUT2D eigenvalue weighted by Gasteiger charge is -2.08. The summed E-state index contributed by atoms with van der Waals surface area (Å²) < 4.78 is 0. The number of hydrogen-bond donors (Lipinski definition) is 1. The molecule has 0 heterocycles. The normalized spacial score (nSPS) is 11.7. The second-order valence-corrected chi connectivity index (χ2v) is 4.40. The van der Waals surface area contributed by atoms with Gasteiger partial charge >= 0.3 is 0 Å². The number of hydrogen-bond acceptors (Lipinski definition) is 3. The number of aryl methyl sites for hydroxylation is 1. The van der Waals surface area contributed by atoms with Crippen LogP contribution < -0.4 is 0 Å². The maximum Gasteiger partial charge on any atom is 0.163 e. The van der Waals surface area contributed by atoms with Crippen molar-refractivity contribution in [1.29, 1.82) is 0 Å². The summed E-state index contributed by atoms with van der Waals surface area (Å²) in [6.45, 7) is 6.31. The highest BCUT2D eigenvalue weighted by atomic mass is 16.3. The predicted molar refractivity (Wildman–Crippen MR) is 74.9 cm³/mol. The van der Waals surface area contributed by atoms with E-state index in [0.29, 0.717) is 6.42 Å². The van der Waals surface area contributed by atoms with Crippen LogP contribution in [0.3, 0.4) is 0 Å². The number of ketones is 2. The summed E-state index contributed by atoms with van der Waals surface area (Å²) >= 11 is 0. The Balaban J connectivity index is 2.71. The van der Waals surface area contributed by atoms with Crippen LogP contribution in [0.4, 0.5) is 0 Å². The van der Waals surface area contributed by atoms with E-state index in [1.165, 1.54) is 13.8 Å². The maximum absolute atomic E-state index is 12.0. The highest BCUT2D eigenvalue weighted by Gasteiger charge is 2.18. The van der Waals surface area contributed by atoms with Crippen LogP contribution in [-0.2, 0) is 16.0 Å². The van der Waals surface area contributed by atoms with Crippen LogP contribution in [0.25, 0.3) is 0 Å². The van der Waals surface area contributed by atoms with Crippen molar-refractivity contribution < 1.29 is 14.7 Å². The van der Waals surface area contributed by atoms with Crippen molar-refractivity contribution in [2.75, 3.05) is 0 Å². The lowest BCUT2D eigenvalue weighted by atomic mass is 9.95. The zero-order chi connectivity index (χ0) is 14.4. The summed E-state index contributed by atoms with van der Waals surface area (Å²) in [5, 5.41) is 9.43. The van der Waals surface area contributed by atoms with E-state index in [2.05, 4.69) is 6.58 Å². The van der Waals surface area contributed by atoms with Gasteiger partial charge in [0.2, 0.25) is 0 Å². The highest BCUT2D eigenvalue weighted by molar-refractivity contribution is 6.11. The zero-order valence-corrected chi connectivity index (χ0v) is 11.3. The van der Waals surface area contributed by atoms with Crippen molar-refractivity contribution in [2.24, 2.45) is 0 Å². The third-order valence-corrected chi connectivity index (χ3v) is 2.84. The van der Waals surface area contributed by atoms with E-state index in [1.54, 1.807) is 0 Å². The Labute approximate surface area is 113 Å². The van der Waals surface area contributed by atoms with E-state index in [1.807, 2.05) is 30.3 Å². The first-order chi connectivity index (χ1) is 8.93. The number of benzene rings is 1. The molecule has 0 aliphatic carbocycles. The Morgan fingerprint density at radius 3 is 2.21 bits per heavy atom. The van der Waals surface area contributed by atoms with Crippen molar-refractivity contribution in [1.82, 2.24) is 0 Å². The summed E-state index contributed by atoms with van der Waals surface area (Å²) in [4.78, 5) is 23.3. The number of rotatable bonds is 6. The molecule has 0 saturated heterocycles. The van der Waals surface area contributed by atoms with Crippen LogP contribution in [0.5, 0.6) is 0 Å². The van der Waals surface area contributed by atoms with Crippen LogP contribution in [-0.4, -0.2) is 16.7 Å². The number of aliphatic hydroxyl groups is 1. The second-order valence-electron chi connectivity index (χ2n) is 4.40. The molecule has 0 fully saturated rings. The van der Waals surface area contributed by atoms with Crippen LogP contribution in [0.15, 0.2) is 53.8 Å². The molecule has 0 aliphatic heterocycles. The van der Waals surface area contributed by atoms with Crippen molar-refractivity contribution in [3.8, 4) is 0 Å². The van der Waals surface area contributed by atoms with Gasteiger partial charge in [0.15, 0.2) is 11.6 Å². The zero-order valence-electron chi connectivity index (χ0n) is 11.3. The summed E-state index contributed by atoms with van der Waals surface area (Å²) in [6, 6.07) is 9.61. The van der Waals surface area contributed by atoms with Gasteiger partial charge in [0.25, 0.3) is 0 Å². The lowest BCUT2D eigenvalue weighted by molar-refractivity contribution is -0.117. The molecule has 1 aromatic carbocycles. The number of allylic oxidation sites excluding steroid dienone is 3. The van der Waals surface area contributed by atoms with Crippen molar-refractivity contribution in [3.63, 3.8) is 0 Å². The predicted octanol–water partition coefficient (Wildman–Crippen LogP) is 3.17. The number of Topliss-reactive ketones (excluding diaryl/α,β-unsaturated/α-hetero) is 2. The lowest BCUT2D eigenvalue weighted by Crippen LogP contribution is -2.12. The topological polar surface area (TPSA) is 54.4 Å². The minimum Gasteiger partial charge on any atom is -0.512 e. The van der Waals surface area contributed by atoms with Crippen molar-refractivity contribution in [2.45, 2.75) is 26.7 Å². The molecule has 0 atom stereocenters. The molecule has 3 nitrogen and oxygen atoms in total. The van der Waals surface area contributed by atoms with E-state index >= 15 is 0 Å². The fraction of sp³-hybridized carbons (Fsp3) is 0.250. The molecule has 1 aromatic rings. The van der Waals surface area contributed by atoms with E-state index in [4.69, 9.17) is 0 Å². The standard InChI is InChI=1S/C16H18O3/c1-11(16(12(2)17)13(3)18)15(19)10-9-14-7-5-4-6-8-14/h4-8,17H,1,9-10H2,2-3H3/b16-12+. The quantitative estimate of drug-likeness (QED) is 0.484. The fourth-order valence-electron chi connectivity index (χ4n) is 1.88. The molecule has 0 aliphatic rings. The molecule has 100 valence electrons. The van der Waals surface area contributed by atoms with Crippen LogP contribution in [0.1, 0.15) is 25.8 Å². The molecule has 0 bridgehead atoms. The molecule has 0 saturated carbocycles. The first-order valence-electron chi connectivity index (χ1n) is 6.10. The van der Waals surface area contributed by atoms with Crippen molar-refractivity contribution >= 4 is 11.6 Å². The number of aliphatic hydroxyl groups excluding tert-OH is 1. The summed E-state index contributed by atoms with van der Waals surface area (Å²) in [5.74, 6) is -0.730. The average molecular weight is 258 g/mol. The SMILES string of the molecule is C=C(C(=O)CCc1ccccc1)/C(C(C)=O)=C(/C)O. The molecule has 0 radical (unpaired) electrons.